The van der Waals surface area contributed by atoms with Crippen LogP contribution in [-0.2, 0) is 17.9 Å². The number of nitrogens with one attached hydrogen (secondary N) is 2. The number of imide groups is 1. The zero-order valence-electron chi connectivity index (χ0n) is 16.1. The van der Waals surface area contributed by atoms with Gasteiger partial charge in [0.2, 0.25) is 5.91 Å². The average molecular weight is 380 g/mol. The first kappa shape index (κ1) is 20.0. The molecule has 6 nitrogen and oxygen atoms in total. The summed E-state index contributed by atoms with van der Waals surface area (Å²) in [6.45, 7) is 5.21. The first-order chi connectivity index (χ1) is 13.7. The molecule has 1 heterocycles. The van der Waals surface area contributed by atoms with E-state index >= 15 is 0 Å². The van der Waals surface area contributed by atoms with Gasteiger partial charge in [-0.3, -0.25) is 19.9 Å². The van der Waals surface area contributed by atoms with Gasteiger partial charge in [-0.2, -0.15) is 0 Å². The molecule has 0 aromatic heterocycles. The maximum atomic E-state index is 12.2. The molecule has 3 rings (SSSR count). The third kappa shape index (κ3) is 6.79. The molecule has 1 aliphatic rings. The van der Waals surface area contributed by atoms with Crippen molar-refractivity contribution in [2.75, 3.05) is 32.7 Å². The van der Waals surface area contributed by atoms with E-state index in [9.17, 15) is 9.59 Å². The molecule has 28 heavy (non-hydrogen) atoms. The standard InChI is InChI=1S/C22H28N4O2/c27-21(24-22(28)23-16-19-8-3-1-4-9-19)18-26-13-7-12-25(14-15-26)17-20-10-5-2-6-11-20/h1-6,8-11H,7,12-18H2,(H2,23,24,27,28). The fourth-order valence-corrected chi connectivity index (χ4v) is 3.37. The van der Waals surface area contributed by atoms with E-state index in [0.29, 0.717) is 6.54 Å². The lowest BCUT2D eigenvalue weighted by Gasteiger charge is -2.21. The van der Waals surface area contributed by atoms with Gasteiger partial charge in [0.25, 0.3) is 0 Å². The highest BCUT2D eigenvalue weighted by Gasteiger charge is 2.18. The number of urea groups is 1. The highest BCUT2D eigenvalue weighted by molar-refractivity contribution is 5.95. The normalized spacial score (nSPS) is 15.6. The molecule has 2 N–H and O–H groups in total. The Labute approximate surface area is 166 Å². The lowest BCUT2D eigenvalue weighted by Crippen LogP contribution is -2.45. The summed E-state index contributed by atoms with van der Waals surface area (Å²) >= 11 is 0. The van der Waals surface area contributed by atoms with Crippen LogP contribution in [0.5, 0.6) is 0 Å². The summed E-state index contributed by atoms with van der Waals surface area (Å²) in [5, 5.41) is 5.14. The van der Waals surface area contributed by atoms with Crippen LogP contribution in [0.2, 0.25) is 0 Å². The highest BCUT2D eigenvalue weighted by atomic mass is 16.2. The molecule has 0 saturated carbocycles. The summed E-state index contributed by atoms with van der Waals surface area (Å²) in [5.41, 5.74) is 2.31. The maximum absolute atomic E-state index is 12.2. The molecular formula is C22H28N4O2. The van der Waals surface area contributed by atoms with E-state index in [4.69, 9.17) is 0 Å². The van der Waals surface area contributed by atoms with E-state index in [1.165, 1.54) is 5.56 Å². The summed E-state index contributed by atoms with van der Waals surface area (Å²) in [5.74, 6) is -0.262. The van der Waals surface area contributed by atoms with Crippen LogP contribution < -0.4 is 10.6 Å². The van der Waals surface area contributed by atoms with Crippen LogP contribution in [0.1, 0.15) is 17.5 Å². The third-order valence-corrected chi connectivity index (χ3v) is 4.85. The average Bonchev–Trinajstić information content (AvgIpc) is 2.93. The quantitative estimate of drug-likeness (QED) is 0.807. The number of hydrogen-bond acceptors (Lipinski definition) is 4. The van der Waals surface area contributed by atoms with Gasteiger partial charge in [-0.15, -0.1) is 0 Å². The van der Waals surface area contributed by atoms with Crippen molar-refractivity contribution in [3.05, 3.63) is 71.8 Å². The number of hydrogen-bond donors (Lipinski definition) is 2. The topological polar surface area (TPSA) is 64.7 Å². The number of carbonyl (C=O) groups is 2. The first-order valence-electron chi connectivity index (χ1n) is 9.79. The Morgan fingerprint density at radius 3 is 2.11 bits per heavy atom. The van der Waals surface area contributed by atoms with E-state index in [1.807, 2.05) is 36.4 Å². The molecule has 6 heteroatoms. The number of amides is 3. The van der Waals surface area contributed by atoms with E-state index in [-0.39, 0.29) is 12.5 Å². The van der Waals surface area contributed by atoms with Gasteiger partial charge in [0.15, 0.2) is 0 Å². The molecule has 0 atom stereocenters. The molecule has 0 unspecified atom stereocenters. The monoisotopic (exact) mass is 380 g/mol. The minimum absolute atomic E-state index is 0.248. The van der Waals surface area contributed by atoms with Crippen LogP contribution in [0.3, 0.4) is 0 Å². The maximum Gasteiger partial charge on any atom is 0.321 e. The van der Waals surface area contributed by atoms with Gasteiger partial charge >= 0.3 is 6.03 Å². The molecule has 2 aromatic carbocycles. The van der Waals surface area contributed by atoms with Gasteiger partial charge in [-0.1, -0.05) is 60.7 Å². The molecule has 0 radical (unpaired) electrons. The fraction of sp³-hybridized carbons (Fsp3) is 0.364. The van der Waals surface area contributed by atoms with Crippen molar-refractivity contribution in [2.45, 2.75) is 19.5 Å². The SMILES string of the molecule is O=C(CN1CCCN(Cc2ccccc2)CC1)NC(=O)NCc1ccccc1. The summed E-state index contributed by atoms with van der Waals surface area (Å²) in [6.07, 6.45) is 1.01. The van der Waals surface area contributed by atoms with Crippen LogP contribution in [0.4, 0.5) is 4.79 Å². The second-order valence-electron chi connectivity index (χ2n) is 7.11. The lowest BCUT2D eigenvalue weighted by molar-refractivity contribution is -0.121. The molecule has 1 fully saturated rings. The Morgan fingerprint density at radius 1 is 0.786 bits per heavy atom. The third-order valence-electron chi connectivity index (χ3n) is 4.85. The molecule has 0 spiro atoms. The van der Waals surface area contributed by atoms with Gasteiger partial charge in [0.05, 0.1) is 6.54 Å². The van der Waals surface area contributed by atoms with Crippen molar-refractivity contribution in [3.63, 3.8) is 0 Å². The number of rotatable bonds is 6. The Morgan fingerprint density at radius 2 is 1.39 bits per heavy atom. The zero-order chi connectivity index (χ0) is 19.6. The van der Waals surface area contributed by atoms with E-state index in [2.05, 4.69) is 44.7 Å². The molecule has 3 amide bonds. The second kappa shape index (κ2) is 10.6. The zero-order valence-corrected chi connectivity index (χ0v) is 16.1. The lowest BCUT2D eigenvalue weighted by atomic mass is 10.2. The van der Waals surface area contributed by atoms with Crippen LogP contribution >= 0.6 is 0 Å². The minimum Gasteiger partial charge on any atom is -0.334 e. The molecule has 0 bridgehead atoms. The molecular weight excluding hydrogens is 352 g/mol. The summed E-state index contributed by atoms with van der Waals surface area (Å²) < 4.78 is 0. The van der Waals surface area contributed by atoms with Crippen LogP contribution in [-0.4, -0.2) is 54.5 Å². The Balaban J connectivity index is 1.37. The minimum atomic E-state index is -0.450. The molecule has 148 valence electrons. The van der Waals surface area contributed by atoms with Crippen LogP contribution in [0.15, 0.2) is 60.7 Å². The first-order valence-corrected chi connectivity index (χ1v) is 9.79. The predicted octanol–water partition coefficient (Wildman–Crippen LogP) is 2.22. The molecule has 1 aliphatic heterocycles. The van der Waals surface area contributed by atoms with E-state index in [1.54, 1.807) is 0 Å². The van der Waals surface area contributed by atoms with Crippen molar-refractivity contribution < 1.29 is 9.59 Å². The smallest absolute Gasteiger partial charge is 0.321 e. The summed E-state index contributed by atoms with van der Waals surface area (Å²) in [6, 6.07) is 19.6. The highest BCUT2D eigenvalue weighted by Crippen LogP contribution is 2.08. The van der Waals surface area contributed by atoms with Gasteiger partial charge in [-0.05, 0) is 30.6 Å². The van der Waals surface area contributed by atoms with Gasteiger partial charge in [0, 0.05) is 26.2 Å². The van der Waals surface area contributed by atoms with E-state index < -0.39 is 6.03 Å². The van der Waals surface area contributed by atoms with Crippen LogP contribution in [0, 0.1) is 0 Å². The van der Waals surface area contributed by atoms with E-state index in [0.717, 1.165) is 44.7 Å². The van der Waals surface area contributed by atoms with Crippen LogP contribution in [0.25, 0.3) is 0 Å². The predicted molar refractivity (Wildman–Crippen MR) is 110 cm³/mol. The van der Waals surface area contributed by atoms with Gasteiger partial charge in [0.1, 0.15) is 0 Å². The Kier molecular flexibility index (Phi) is 7.58. The summed E-state index contributed by atoms with van der Waals surface area (Å²) in [7, 11) is 0. The molecule has 0 aliphatic carbocycles. The number of benzene rings is 2. The molecule has 1 saturated heterocycles. The largest absolute Gasteiger partial charge is 0.334 e. The molecule has 2 aromatic rings. The van der Waals surface area contributed by atoms with Crippen molar-refractivity contribution >= 4 is 11.9 Å². The Hall–Kier alpha value is -2.70. The van der Waals surface area contributed by atoms with Crippen molar-refractivity contribution in [2.24, 2.45) is 0 Å². The van der Waals surface area contributed by atoms with Crippen molar-refractivity contribution in [1.82, 2.24) is 20.4 Å². The fourth-order valence-electron chi connectivity index (χ4n) is 3.37. The second-order valence-corrected chi connectivity index (χ2v) is 7.11. The van der Waals surface area contributed by atoms with Crippen molar-refractivity contribution in [1.29, 1.82) is 0 Å². The number of carbonyl (C=O) groups excluding carboxylic acids is 2. The van der Waals surface area contributed by atoms with Crippen molar-refractivity contribution in [3.8, 4) is 0 Å². The Bertz CT molecular complexity index is 752. The van der Waals surface area contributed by atoms with Gasteiger partial charge < -0.3 is 5.32 Å². The van der Waals surface area contributed by atoms with Gasteiger partial charge in [-0.25, -0.2) is 4.79 Å². The summed E-state index contributed by atoms with van der Waals surface area (Å²) in [4.78, 5) is 28.6. The number of nitrogens with zero attached hydrogens (tertiary/aromatic N) is 2.